The van der Waals surface area contributed by atoms with Crippen LogP contribution in [0.2, 0.25) is 0 Å². The summed E-state index contributed by atoms with van der Waals surface area (Å²) < 4.78 is 10.5. The zero-order valence-electron chi connectivity index (χ0n) is 12.2. The molecule has 0 amide bonds. The molecular formula is C18H18O4. The third kappa shape index (κ3) is 2.67. The summed E-state index contributed by atoms with van der Waals surface area (Å²) in [7, 11) is 0. The second kappa shape index (κ2) is 5.30. The number of aromatic hydroxyl groups is 2. The van der Waals surface area contributed by atoms with Crippen LogP contribution in [0, 0.1) is 0 Å². The first-order valence-corrected chi connectivity index (χ1v) is 7.57. The summed E-state index contributed by atoms with van der Waals surface area (Å²) >= 11 is 0. The van der Waals surface area contributed by atoms with Crippen molar-refractivity contribution in [1.29, 1.82) is 0 Å². The van der Waals surface area contributed by atoms with Crippen LogP contribution in [0.5, 0.6) is 11.5 Å². The van der Waals surface area contributed by atoms with Gasteiger partial charge in [0.15, 0.2) is 0 Å². The molecule has 4 rings (SSSR count). The SMILES string of the molecule is Oc1cc(CC2CO2)c(O)c(-c2ccccc2)c1CC1CO1. The smallest absolute Gasteiger partial charge is 0.127 e. The van der Waals surface area contributed by atoms with Crippen LogP contribution in [0.4, 0.5) is 0 Å². The van der Waals surface area contributed by atoms with E-state index in [1.807, 2.05) is 30.3 Å². The normalized spacial score (nSPS) is 22.5. The van der Waals surface area contributed by atoms with Crippen molar-refractivity contribution in [2.24, 2.45) is 0 Å². The molecule has 0 spiro atoms. The van der Waals surface area contributed by atoms with E-state index in [0.717, 1.165) is 23.3 Å². The Labute approximate surface area is 128 Å². The molecule has 2 atom stereocenters. The van der Waals surface area contributed by atoms with Crippen molar-refractivity contribution in [2.45, 2.75) is 25.0 Å². The highest BCUT2D eigenvalue weighted by Crippen LogP contribution is 2.43. The van der Waals surface area contributed by atoms with Gasteiger partial charge in [0.05, 0.1) is 25.4 Å². The van der Waals surface area contributed by atoms with Gasteiger partial charge in [-0.25, -0.2) is 0 Å². The fourth-order valence-electron chi connectivity index (χ4n) is 2.87. The Balaban J connectivity index is 1.83. The maximum absolute atomic E-state index is 10.7. The van der Waals surface area contributed by atoms with Gasteiger partial charge in [-0.2, -0.15) is 0 Å². The molecule has 2 aliphatic rings. The van der Waals surface area contributed by atoms with Crippen LogP contribution in [-0.2, 0) is 22.3 Å². The summed E-state index contributed by atoms with van der Waals surface area (Å²) in [6.45, 7) is 1.44. The number of phenolic OH excluding ortho intramolecular Hbond substituents is 2. The molecule has 0 saturated carbocycles. The van der Waals surface area contributed by atoms with Crippen molar-refractivity contribution in [2.75, 3.05) is 13.2 Å². The van der Waals surface area contributed by atoms with Gasteiger partial charge in [0, 0.05) is 29.5 Å². The van der Waals surface area contributed by atoms with Gasteiger partial charge in [-0.1, -0.05) is 30.3 Å². The molecule has 2 fully saturated rings. The molecule has 2 unspecified atom stereocenters. The lowest BCUT2D eigenvalue weighted by atomic mass is 9.91. The molecule has 0 bridgehead atoms. The fraction of sp³-hybridized carbons (Fsp3) is 0.333. The van der Waals surface area contributed by atoms with Crippen molar-refractivity contribution in [3.8, 4) is 22.6 Å². The predicted octanol–water partition coefficient (Wildman–Crippen LogP) is 2.65. The highest BCUT2D eigenvalue weighted by molar-refractivity contribution is 5.78. The summed E-state index contributed by atoms with van der Waals surface area (Å²) in [5.74, 6) is 0.470. The van der Waals surface area contributed by atoms with Gasteiger partial charge in [-0.05, 0) is 11.6 Å². The van der Waals surface area contributed by atoms with Crippen LogP contribution < -0.4 is 0 Å². The Morgan fingerprint density at radius 2 is 1.59 bits per heavy atom. The molecule has 4 nitrogen and oxygen atoms in total. The Morgan fingerprint density at radius 1 is 0.955 bits per heavy atom. The average molecular weight is 298 g/mol. The second-order valence-electron chi connectivity index (χ2n) is 5.94. The molecule has 2 aromatic carbocycles. The zero-order chi connectivity index (χ0) is 15.1. The van der Waals surface area contributed by atoms with E-state index in [2.05, 4.69) is 0 Å². The second-order valence-corrected chi connectivity index (χ2v) is 5.94. The van der Waals surface area contributed by atoms with E-state index in [9.17, 15) is 10.2 Å². The molecule has 2 aliphatic heterocycles. The molecule has 2 N–H and O–H groups in total. The minimum atomic E-state index is 0.144. The number of epoxide rings is 2. The van der Waals surface area contributed by atoms with E-state index in [4.69, 9.17) is 9.47 Å². The van der Waals surface area contributed by atoms with Crippen LogP contribution in [0.3, 0.4) is 0 Å². The van der Waals surface area contributed by atoms with Crippen molar-refractivity contribution < 1.29 is 19.7 Å². The van der Waals surface area contributed by atoms with Crippen LogP contribution >= 0.6 is 0 Å². The molecule has 0 radical (unpaired) electrons. The third-order valence-electron chi connectivity index (χ3n) is 4.21. The van der Waals surface area contributed by atoms with Crippen LogP contribution in [0.1, 0.15) is 11.1 Å². The van der Waals surface area contributed by atoms with E-state index >= 15 is 0 Å². The lowest BCUT2D eigenvalue weighted by Crippen LogP contribution is -2.02. The van der Waals surface area contributed by atoms with Crippen molar-refractivity contribution >= 4 is 0 Å². The molecule has 2 heterocycles. The van der Waals surface area contributed by atoms with Gasteiger partial charge >= 0.3 is 0 Å². The Morgan fingerprint density at radius 3 is 2.23 bits per heavy atom. The monoisotopic (exact) mass is 298 g/mol. The number of benzene rings is 2. The minimum Gasteiger partial charge on any atom is -0.508 e. The highest BCUT2D eigenvalue weighted by Gasteiger charge is 2.30. The predicted molar refractivity (Wildman–Crippen MR) is 82.1 cm³/mol. The molecule has 114 valence electrons. The maximum Gasteiger partial charge on any atom is 0.127 e. The van der Waals surface area contributed by atoms with E-state index in [-0.39, 0.29) is 23.7 Å². The Bertz CT molecular complexity index is 688. The average Bonchev–Trinajstić information content (AvgIpc) is 3.41. The molecule has 2 aromatic rings. The molecular weight excluding hydrogens is 280 g/mol. The van der Waals surface area contributed by atoms with Gasteiger partial charge in [0.1, 0.15) is 11.5 Å². The Kier molecular flexibility index (Phi) is 3.28. The van der Waals surface area contributed by atoms with Gasteiger partial charge in [-0.15, -0.1) is 0 Å². The van der Waals surface area contributed by atoms with E-state index in [1.54, 1.807) is 6.07 Å². The quantitative estimate of drug-likeness (QED) is 0.658. The van der Waals surface area contributed by atoms with Crippen LogP contribution in [-0.4, -0.2) is 35.6 Å². The molecule has 0 aromatic heterocycles. The standard InChI is InChI=1S/C18H18O4/c19-16-7-12(6-13-9-21-13)18(20)17(11-4-2-1-3-5-11)15(16)8-14-10-22-14/h1-5,7,13-14,19-20H,6,8-10H2. The minimum absolute atomic E-state index is 0.144. The summed E-state index contributed by atoms with van der Waals surface area (Å²) in [5.41, 5.74) is 3.11. The first-order chi connectivity index (χ1) is 10.7. The molecule has 2 saturated heterocycles. The fourth-order valence-corrected chi connectivity index (χ4v) is 2.87. The highest BCUT2D eigenvalue weighted by atomic mass is 16.6. The summed E-state index contributed by atoms with van der Waals surface area (Å²) in [4.78, 5) is 0. The number of hydrogen-bond acceptors (Lipinski definition) is 4. The maximum atomic E-state index is 10.7. The number of ether oxygens (including phenoxy) is 2. The van der Waals surface area contributed by atoms with Gasteiger partial charge in [0.25, 0.3) is 0 Å². The van der Waals surface area contributed by atoms with Crippen molar-refractivity contribution in [3.63, 3.8) is 0 Å². The lowest BCUT2D eigenvalue weighted by molar-refractivity contribution is 0.395. The number of rotatable bonds is 5. The first-order valence-electron chi connectivity index (χ1n) is 7.57. The van der Waals surface area contributed by atoms with Crippen LogP contribution in [0.25, 0.3) is 11.1 Å². The zero-order valence-corrected chi connectivity index (χ0v) is 12.2. The van der Waals surface area contributed by atoms with Gasteiger partial charge in [-0.3, -0.25) is 0 Å². The largest absolute Gasteiger partial charge is 0.508 e. The third-order valence-corrected chi connectivity index (χ3v) is 4.21. The summed E-state index contributed by atoms with van der Waals surface area (Å²) in [5, 5.41) is 21.2. The number of phenols is 2. The van der Waals surface area contributed by atoms with Gasteiger partial charge < -0.3 is 19.7 Å². The van der Waals surface area contributed by atoms with E-state index < -0.39 is 0 Å². The van der Waals surface area contributed by atoms with E-state index in [0.29, 0.717) is 25.0 Å². The number of hydrogen-bond donors (Lipinski definition) is 2. The Hall–Kier alpha value is -2.04. The molecule has 22 heavy (non-hydrogen) atoms. The van der Waals surface area contributed by atoms with Crippen molar-refractivity contribution in [3.05, 3.63) is 47.5 Å². The van der Waals surface area contributed by atoms with Gasteiger partial charge in [0.2, 0.25) is 0 Å². The van der Waals surface area contributed by atoms with Crippen LogP contribution in [0.15, 0.2) is 36.4 Å². The molecule has 4 heteroatoms. The van der Waals surface area contributed by atoms with Crippen molar-refractivity contribution in [1.82, 2.24) is 0 Å². The van der Waals surface area contributed by atoms with E-state index in [1.165, 1.54) is 0 Å². The topological polar surface area (TPSA) is 65.5 Å². The first kappa shape index (κ1) is 13.6. The summed E-state index contributed by atoms with van der Waals surface area (Å²) in [6, 6.07) is 11.4. The summed E-state index contributed by atoms with van der Waals surface area (Å²) in [6.07, 6.45) is 1.54. The molecule has 0 aliphatic carbocycles. The lowest BCUT2D eigenvalue weighted by Gasteiger charge is -2.16.